The lowest BCUT2D eigenvalue weighted by Gasteiger charge is -2.30. The van der Waals surface area contributed by atoms with Crippen LogP contribution in [0.1, 0.15) is 12.8 Å². The van der Waals surface area contributed by atoms with Crippen LogP contribution < -0.4 is 10.6 Å². The van der Waals surface area contributed by atoms with Crippen molar-refractivity contribution in [1.82, 2.24) is 10.2 Å². The first-order chi connectivity index (χ1) is 11.7. The molecule has 4 atom stereocenters. The number of aliphatic hydroxyl groups excluding tert-OH is 2. The molecule has 0 saturated carbocycles. The van der Waals surface area contributed by atoms with Gasteiger partial charge >= 0.3 is 6.03 Å². The minimum absolute atomic E-state index is 0.193. The van der Waals surface area contributed by atoms with E-state index in [0.29, 0.717) is 5.69 Å². The Morgan fingerprint density at radius 3 is 2.58 bits per heavy atom. The summed E-state index contributed by atoms with van der Waals surface area (Å²) in [6.07, 6.45) is 0.525. The Bertz CT molecular complexity index is 536. The number of amides is 2. The fraction of sp³-hybridized carbons (Fsp3) is 0.588. The molecule has 2 amide bonds. The van der Waals surface area contributed by atoms with Gasteiger partial charge in [0.15, 0.2) is 0 Å². The second kappa shape index (κ2) is 7.94. The van der Waals surface area contributed by atoms with Crippen molar-refractivity contribution in [2.24, 2.45) is 0 Å². The molecule has 7 nitrogen and oxygen atoms in total. The molecule has 3 rings (SSSR count). The van der Waals surface area contributed by atoms with Gasteiger partial charge in [-0.15, -0.1) is 0 Å². The number of hydrogen-bond donors (Lipinski definition) is 4. The molecule has 2 aliphatic heterocycles. The third kappa shape index (κ3) is 3.87. The first-order valence-electron chi connectivity index (χ1n) is 8.47. The summed E-state index contributed by atoms with van der Waals surface area (Å²) >= 11 is 0. The molecule has 2 saturated heterocycles. The molecule has 0 aromatic heterocycles. The number of hydrogen-bond acceptors (Lipinski definition) is 5. The Morgan fingerprint density at radius 1 is 1.21 bits per heavy atom. The molecular weight excluding hydrogens is 310 g/mol. The lowest BCUT2D eigenvalue weighted by atomic mass is 10.0. The predicted octanol–water partition coefficient (Wildman–Crippen LogP) is 0.393. The van der Waals surface area contributed by atoms with Gasteiger partial charge in [-0.05, 0) is 38.1 Å². The smallest absolute Gasteiger partial charge is 0.319 e. The number of anilines is 1. The van der Waals surface area contributed by atoms with E-state index in [-0.39, 0.29) is 31.3 Å². The summed E-state index contributed by atoms with van der Waals surface area (Å²) in [5.41, 5.74) is 0.715. The van der Waals surface area contributed by atoms with Gasteiger partial charge in [0.25, 0.3) is 0 Å². The van der Waals surface area contributed by atoms with Crippen LogP contribution in [0.4, 0.5) is 10.5 Å². The highest BCUT2D eigenvalue weighted by Gasteiger charge is 2.46. The van der Waals surface area contributed by atoms with E-state index in [4.69, 9.17) is 4.74 Å². The number of likely N-dealkylation sites (tertiary alicyclic amines) is 1. The van der Waals surface area contributed by atoms with Crippen LogP contribution in [0.2, 0.25) is 0 Å². The van der Waals surface area contributed by atoms with Crippen LogP contribution >= 0.6 is 0 Å². The fourth-order valence-electron chi connectivity index (χ4n) is 3.53. The number of nitrogens with zero attached hydrogens (tertiary/aromatic N) is 1. The monoisotopic (exact) mass is 335 g/mol. The van der Waals surface area contributed by atoms with Gasteiger partial charge in [0.2, 0.25) is 0 Å². The number of para-hydroxylation sites is 1. The second-order valence-corrected chi connectivity index (χ2v) is 6.32. The second-order valence-electron chi connectivity index (χ2n) is 6.32. The van der Waals surface area contributed by atoms with Gasteiger partial charge in [-0.1, -0.05) is 18.2 Å². The summed E-state index contributed by atoms with van der Waals surface area (Å²) in [5, 5.41) is 25.4. The van der Waals surface area contributed by atoms with Gasteiger partial charge in [-0.25, -0.2) is 4.79 Å². The number of rotatable bonds is 5. The summed E-state index contributed by atoms with van der Waals surface area (Å²) in [6.45, 7) is 1.89. The SMILES string of the molecule is O=C(NC[C@H]1O[C@@H](CO)[C@@H](O)[C@H]1N1CCCC1)Nc1ccccc1. The summed E-state index contributed by atoms with van der Waals surface area (Å²) in [4.78, 5) is 14.2. The largest absolute Gasteiger partial charge is 0.394 e. The average Bonchev–Trinajstić information content (AvgIpc) is 3.21. The van der Waals surface area contributed by atoms with Crippen molar-refractivity contribution in [1.29, 1.82) is 0 Å². The van der Waals surface area contributed by atoms with Crippen molar-refractivity contribution in [3.8, 4) is 0 Å². The Balaban J connectivity index is 1.56. The van der Waals surface area contributed by atoms with E-state index >= 15 is 0 Å². The third-order valence-electron chi connectivity index (χ3n) is 4.70. The van der Waals surface area contributed by atoms with Crippen LogP contribution in [0.25, 0.3) is 0 Å². The number of carbonyl (C=O) groups is 1. The van der Waals surface area contributed by atoms with Crippen molar-refractivity contribution in [2.75, 3.05) is 31.6 Å². The van der Waals surface area contributed by atoms with E-state index in [1.807, 2.05) is 30.3 Å². The molecule has 1 aromatic rings. The summed E-state index contributed by atoms with van der Waals surface area (Å²) < 4.78 is 5.76. The Hall–Kier alpha value is -1.67. The highest BCUT2D eigenvalue weighted by molar-refractivity contribution is 5.89. The van der Waals surface area contributed by atoms with E-state index in [1.54, 1.807) is 0 Å². The molecule has 0 unspecified atom stereocenters. The number of carbonyl (C=O) groups excluding carboxylic acids is 1. The zero-order valence-corrected chi connectivity index (χ0v) is 13.6. The quantitative estimate of drug-likeness (QED) is 0.625. The van der Waals surface area contributed by atoms with Crippen LogP contribution in [0, 0.1) is 0 Å². The standard InChI is InChI=1S/C17H25N3O4/c21-11-14-16(22)15(20-8-4-5-9-20)13(24-14)10-18-17(23)19-12-6-2-1-3-7-12/h1-3,6-7,13-16,21-22H,4-5,8-11H2,(H2,18,19,23)/t13-,14+,15+,16-/m1/s1. The van der Waals surface area contributed by atoms with Crippen LogP contribution in [-0.4, -0.2) is 71.7 Å². The topological polar surface area (TPSA) is 94.1 Å². The van der Waals surface area contributed by atoms with E-state index < -0.39 is 12.2 Å². The minimum atomic E-state index is -0.739. The Morgan fingerprint density at radius 2 is 1.92 bits per heavy atom. The highest BCUT2D eigenvalue weighted by Crippen LogP contribution is 2.28. The molecule has 1 aromatic carbocycles. The Labute approximate surface area is 141 Å². The summed E-state index contributed by atoms with van der Waals surface area (Å²) in [7, 11) is 0. The molecule has 2 heterocycles. The number of urea groups is 1. The predicted molar refractivity (Wildman–Crippen MR) is 89.8 cm³/mol. The van der Waals surface area contributed by atoms with E-state index in [0.717, 1.165) is 25.9 Å². The van der Waals surface area contributed by atoms with Crippen molar-refractivity contribution in [3.63, 3.8) is 0 Å². The lowest BCUT2D eigenvalue weighted by Crippen LogP contribution is -2.50. The van der Waals surface area contributed by atoms with Gasteiger partial charge in [0, 0.05) is 12.2 Å². The van der Waals surface area contributed by atoms with E-state index in [9.17, 15) is 15.0 Å². The molecule has 4 N–H and O–H groups in total. The first-order valence-corrected chi connectivity index (χ1v) is 8.47. The highest BCUT2D eigenvalue weighted by atomic mass is 16.5. The normalized spacial score (nSPS) is 30.4. The lowest BCUT2D eigenvalue weighted by molar-refractivity contribution is -0.0205. The first kappa shape index (κ1) is 17.2. The zero-order valence-electron chi connectivity index (χ0n) is 13.6. The molecule has 0 bridgehead atoms. The van der Waals surface area contributed by atoms with Crippen molar-refractivity contribution in [2.45, 2.75) is 37.2 Å². The molecule has 0 spiro atoms. The number of ether oxygens (including phenoxy) is 1. The molecule has 0 aliphatic carbocycles. The van der Waals surface area contributed by atoms with Crippen LogP contribution in [0.3, 0.4) is 0 Å². The molecule has 0 radical (unpaired) electrons. The van der Waals surface area contributed by atoms with Crippen molar-refractivity contribution in [3.05, 3.63) is 30.3 Å². The average molecular weight is 335 g/mol. The van der Waals surface area contributed by atoms with Crippen molar-refractivity contribution < 1.29 is 19.7 Å². The van der Waals surface area contributed by atoms with Crippen LogP contribution in [0.5, 0.6) is 0 Å². The maximum Gasteiger partial charge on any atom is 0.319 e. The molecule has 2 aliphatic rings. The maximum absolute atomic E-state index is 12.0. The van der Waals surface area contributed by atoms with Crippen LogP contribution in [-0.2, 0) is 4.74 Å². The van der Waals surface area contributed by atoms with Gasteiger partial charge in [0.1, 0.15) is 12.2 Å². The molecule has 7 heteroatoms. The molecule has 132 valence electrons. The molecule has 24 heavy (non-hydrogen) atoms. The minimum Gasteiger partial charge on any atom is -0.394 e. The van der Waals surface area contributed by atoms with Crippen molar-refractivity contribution >= 4 is 11.7 Å². The number of nitrogens with one attached hydrogen (secondary N) is 2. The van der Waals surface area contributed by atoms with Gasteiger partial charge < -0.3 is 25.6 Å². The third-order valence-corrected chi connectivity index (χ3v) is 4.70. The fourth-order valence-corrected chi connectivity index (χ4v) is 3.53. The van der Waals surface area contributed by atoms with Gasteiger partial charge in [-0.3, -0.25) is 4.90 Å². The number of aliphatic hydroxyl groups is 2. The van der Waals surface area contributed by atoms with E-state index in [1.165, 1.54) is 0 Å². The van der Waals surface area contributed by atoms with E-state index in [2.05, 4.69) is 15.5 Å². The zero-order chi connectivity index (χ0) is 16.9. The Kier molecular flexibility index (Phi) is 5.68. The summed E-state index contributed by atoms with van der Waals surface area (Å²) in [6, 6.07) is 8.69. The number of benzene rings is 1. The van der Waals surface area contributed by atoms with Crippen LogP contribution in [0.15, 0.2) is 30.3 Å². The molecular formula is C17H25N3O4. The van der Waals surface area contributed by atoms with Gasteiger partial charge in [-0.2, -0.15) is 0 Å². The summed E-state index contributed by atoms with van der Waals surface area (Å²) in [5.74, 6) is 0. The molecule has 2 fully saturated rings. The van der Waals surface area contributed by atoms with Gasteiger partial charge in [0.05, 0.1) is 18.8 Å². The maximum atomic E-state index is 12.0.